The fourth-order valence-electron chi connectivity index (χ4n) is 1.45. The van der Waals surface area contributed by atoms with Gasteiger partial charge in [0, 0.05) is 18.8 Å². The summed E-state index contributed by atoms with van der Waals surface area (Å²) in [4.78, 5) is -0.862. The zero-order valence-corrected chi connectivity index (χ0v) is 14.0. The molecule has 0 bridgehead atoms. The van der Waals surface area contributed by atoms with Crippen LogP contribution in [0.3, 0.4) is 0 Å². The molecule has 0 aliphatic rings. The van der Waals surface area contributed by atoms with Gasteiger partial charge in [0.2, 0.25) is 10.0 Å². The number of rotatable bonds is 6. The largest absolute Gasteiger partial charge is 0.328 e. The average Bonchev–Trinajstić information content (AvgIpc) is 2.26. The Hall–Kier alpha value is -0.740. The van der Waals surface area contributed by atoms with Gasteiger partial charge in [-0.3, -0.25) is 0 Å². The summed E-state index contributed by atoms with van der Waals surface area (Å²) in [6.07, 6.45) is 1.28. The Morgan fingerprint density at radius 3 is 2.29 bits per heavy atom. The molecular formula is C11H18ClFN2O4S2. The highest BCUT2D eigenvalue weighted by atomic mass is 35.5. The van der Waals surface area contributed by atoms with E-state index in [2.05, 4.69) is 4.72 Å². The van der Waals surface area contributed by atoms with Crippen molar-refractivity contribution >= 4 is 32.3 Å². The first-order valence-corrected chi connectivity index (χ1v) is 9.16. The van der Waals surface area contributed by atoms with E-state index >= 15 is 0 Å². The van der Waals surface area contributed by atoms with Gasteiger partial charge in [0.15, 0.2) is 9.84 Å². The van der Waals surface area contributed by atoms with Crippen LogP contribution in [0.2, 0.25) is 0 Å². The van der Waals surface area contributed by atoms with Gasteiger partial charge >= 0.3 is 0 Å². The molecule has 0 aliphatic heterocycles. The van der Waals surface area contributed by atoms with E-state index in [0.717, 1.165) is 18.4 Å². The molecule has 0 radical (unpaired) electrons. The Morgan fingerprint density at radius 1 is 1.29 bits per heavy atom. The van der Waals surface area contributed by atoms with Gasteiger partial charge in [0.05, 0.1) is 4.90 Å². The van der Waals surface area contributed by atoms with Crippen molar-refractivity contribution in [3.63, 3.8) is 0 Å². The molecule has 0 spiro atoms. The summed E-state index contributed by atoms with van der Waals surface area (Å²) in [5, 5.41) is 0. The van der Waals surface area contributed by atoms with E-state index in [9.17, 15) is 21.2 Å². The van der Waals surface area contributed by atoms with Crippen LogP contribution in [0, 0.1) is 5.82 Å². The molecule has 0 saturated heterocycles. The van der Waals surface area contributed by atoms with E-state index < -0.39 is 30.6 Å². The van der Waals surface area contributed by atoms with Gasteiger partial charge in [-0.1, -0.05) is 0 Å². The Morgan fingerprint density at radius 2 is 1.86 bits per heavy atom. The first-order valence-electron chi connectivity index (χ1n) is 5.79. The lowest BCUT2D eigenvalue weighted by Crippen LogP contribution is -2.29. The van der Waals surface area contributed by atoms with Gasteiger partial charge < -0.3 is 5.73 Å². The fraction of sp³-hybridized carbons (Fsp3) is 0.455. The summed E-state index contributed by atoms with van der Waals surface area (Å²) < 4.78 is 62.1. The number of sulfonamides is 1. The molecule has 3 N–H and O–H groups in total. The molecule has 10 heteroatoms. The highest BCUT2D eigenvalue weighted by Crippen LogP contribution is 2.18. The monoisotopic (exact) mass is 360 g/mol. The summed E-state index contributed by atoms with van der Waals surface area (Å²) in [7, 11) is -7.61. The van der Waals surface area contributed by atoms with Crippen molar-refractivity contribution in [1.29, 1.82) is 0 Å². The number of benzene rings is 1. The van der Waals surface area contributed by atoms with Crippen LogP contribution in [-0.2, 0) is 19.9 Å². The van der Waals surface area contributed by atoms with Crippen LogP contribution in [0.4, 0.5) is 4.39 Å². The normalized spacial score (nSPS) is 13.5. The van der Waals surface area contributed by atoms with E-state index in [1.54, 1.807) is 6.92 Å². The van der Waals surface area contributed by atoms with Crippen LogP contribution in [0.5, 0.6) is 0 Å². The van der Waals surface area contributed by atoms with Gasteiger partial charge in [0.1, 0.15) is 10.7 Å². The molecule has 122 valence electrons. The van der Waals surface area contributed by atoms with Crippen LogP contribution in [0.15, 0.2) is 28.0 Å². The summed E-state index contributed by atoms with van der Waals surface area (Å²) in [6.45, 7) is 1.85. The van der Waals surface area contributed by atoms with Gasteiger partial charge in [0.25, 0.3) is 0 Å². The third-order valence-corrected chi connectivity index (χ3v) is 5.09. The number of hydrogen-bond acceptors (Lipinski definition) is 5. The summed E-state index contributed by atoms with van der Waals surface area (Å²) in [5.74, 6) is -1.09. The van der Waals surface area contributed by atoms with E-state index in [-0.39, 0.29) is 29.9 Å². The summed E-state index contributed by atoms with van der Waals surface area (Å²) >= 11 is 0. The molecule has 21 heavy (non-hydrogen) atoms. The second-order valence-electron chi connectivity index (χ2n) is 4.53. The van der Waals surface area contributed by atoms with Crippen molar-refractivity contribution in [1.82, 2.24) is 4.72 Å². The predicted molar refractivity (Wildman–Crippen MR) is 80.2 cm³/mol. The quantitative estimate of drug-likeness (QED) is 0.775. The highest BCUT2D eigenvalue weighted by Gasteiger charge is 2.19. The first-order chi connectivity index (χ1) is 9.04. The van der Waals surface area contributed by atoms with Crippen molar-refractivity contribution in [3.05, 3.63) is 24.0 Å². The van der Waals surface area contributed by atoms with Crippen LogP contribution < -0.4 is 10.5 Å². The SMILES string of the molecule is CC(N)CCNS(=O)(=O)c1ccc(S(C)(=O)=O)c(F)c1.Cl. The molecule has 1 aromatic rings. The Labute approximate surface area is 130 Å². The maximum atomic E-state index is 13.6. The molecule has 1 atom stereocenters. The molecule has 0 aromatic heterocycles. The standard InChI is InChI=1S/C11H17FN2O4S2.ClH/c1-8(13)5-6-14-20(17,18)9-3-4-11(10(12)7-9)19(2,15)16;/h3-4,7-8,14H,5-6,13H2,1-2H3;1H. The summed E-state index contributed by atoms with van der Waals surface area (Å²) in [6, 6.07) is 2.50. The van der Waals surface area contributed by atoms with Gasteiger partial charge in [-0.2, -0.15) is 0 Å². The lowest BCUT2D eigenvalue weighted by molar-refractivity contribution is 0.557. The van der Waals surface area contributed by atoms with Gasteiger partial charge in [-0.15, -0.1) is 12.4 Å². The molecule has 0 heterocycles. The minimum Gasteiger partial charge on any atom is -0.328 e. The third-order valence-electron chi connectivity index (χ3n) is 2.50. The first kappa shape index (κ1) is 20.3. The van der Waals surface area contributed by atoms with Crippen molar-refractivity contribution in [3.8, 4) is 0 Å². The van der Waals surface area contributed by atoms with Crippen molar-refractivity contribution in [2.75, 3.05) is 12.8 Å². The zero-order valence-electron chi connectivity index (χ0n) is 11.5. The van der Waals surface area contributed by atoms with Crippen LogP contribution in [0.25, 0.3) is 0 Å². The molecule has 0 aliphatic carbocycles. The Bertz CT molecular complexity index is 690. The molecule has 1 rings (SSSR count). The zero-order chi connectivity index (χ0) is 15.6. The molecule has 0 saturated carbocycles. The average molecular weight is 361 g/mol. The van der Waals surface area contributed by atoms with Crippen molar-refractivity contribution in [2.45, 2.75) is 29.2 Å². The van der Waals surface area contributed by atoms with Gasteiger partial charge in [-0.05, 0) is 31.5 Å². The molecule has 0 fully saturated rings. The molecule has 1 unspecified atom stereocenters. The summed E-state index contributed by atoms with van der Waals surface area (Å²) in [5.41, 5.74) is 5.49. The predicted octanol–water partition coefficient (Wildman–Crippen LogP) is 0.667. The molecule has 1 aromatic carbocycles. The highest BCUT2D eigenvalue weighted by molar-refractivity contribution is 7.90. The number of halogens is 2. The van der Waals surface area contributed by atoms with Crippen molar-refractivity contribution < 1.29 is 21.2 Å². The van der Waals surface area contributed by atoms with E-state index in [1.807, 2.05) is 0 Å². The van der Waals surface area contributed by atoms with E-state index in [4.69, 9.17) is 5.73 Å². The van der Waals surface area contributed by atoms with Gasteiger partial charge in [-0.25, -0.2) is 25.9 Å². The van der Waals surface area contributed by atoms with Crippen LogP contribution in [-0.4, -0.2) is 35.7 Å². The van der Waals surface area contributed by atoms with Crippen LogP contribution in [0.1, 0.15) is 13.3 Å². The number of sulfone groups is 1. The van der Waals surface area contributed by atoms with Crippen molar-refractivity contribution in [2.24, 2.45) is 5.73 Å². The number of hydrogen-bond donors (Lipinski definition) is 2. The smallest absolute Gasteiger partial charge is 0.240 e. The maximum absolute atomic E-state index is 13.6. The minimum absolute atomic E-state index is 0. The van der Waals surface area contributed by atoms with E-state index in [0.29, 0.717) is 12.5 Å². The molecule has 6 nitrogen and oxygen atoms in total. The topological polar surface area (TPSA) is 106 Å². The number of nitrogens with one attached hydrogen (secondary N) is 1. The second kappa shape index (κ2) is 7.50. The lowest BCUT2D eigenvalue weighted by atomic mass is 10.3. The lowest BCUT2D eigenvalue weighted by Gasteiger charge is -2.09. The maximum Gasteiger partial charge on any atom is 0.240 e. The van der Waals surface area contributed by atoms with E-state index in [1.165, 1.54) is 0 Å². The second-order valence-corrected chi connectivity index (χ2v) is 8.28. The molecule has 0 amide bonds. The fourth-order valence-corrected chi connectivity index (χ4v) is 3.24. The number of nitrogens with two attached hydrogens (primary N) is 1. The Kier molecular flexibility index (Phi) is 7.24. The minimum atomic E-state index is -3.88. The Balaban J connectivity index is 0.00000400. The van der Waals surface area contributed by atoms with Crippen LogP contribution >= 0.6 is 12.4 Å². The third kappa shape index (κ3) is 5.87. The molecular weight excluding hydrogens is 343 g/mol.